The molecule has 9 nitrogen and oxygen atoms in total. The molecule has 0 radical (unpaired) electrons. The van der Waals surface area contributed by atoms with Gasteiger partial charge in [0.25, 0.3) is 11.6 Å². The molecule has 1 aromatic heterocycles. The van der Waals surface area contributed by atoms with Crippen molar-refractivity contribution in [3.05, 3.63) is 82.4 Å². The Bertz CT molecular complexity index is 1340. The van der Waals surface area contributed by atoms with Crippen molar-refractivity contribution < 1.29 is 23.9 Å². The Hall–Kier alpha value is -4.44. The second-order valence-corrected chi connectivity index (χ2v) is 8.23. The predicted octanol–water partition coefficient (Wildman–Crippen LogP) is 5.66. The Labute approximate surface area is 205 Å². The summed E-state index contributed by atoms with van der Waals surface area (Å²) in [6, 6.07) is 18.8. The summed E-state index contributed by atoms with van der Waals surface area (Å²) in [7, 11) is 4.44. The van der Waals surface area contributed by atoms with Crippen LogP contribution in [0, 0.1) is 10.1 Å². The molecule has 0 spiro atoms. The molecular formula is C25H21N3O6S. The maximum Gasteiger partial charge on any atom is 0.269 e. The van der Waals surface area contributed by atoms with Crippen molar-refractivity contribution in [2.45, 2.75) is 0 Å². The molecule has 0 fully saturated rings. The second kappa shape index (κ2) is 10.2. The van der Waals surface area contributed by atoms with Crippen LogP contribution in [0.25, 0.3) is 21.7 Å². The number of benzene rings is 3. The van der Waals surface area contributed by atoms with E-state index in [-0.39, 0.29) is 5.69 Å². The third-order valence-electron chi connectivity index (χ3n) is 5.16. The number of methoxy groups -OCH3 is 3. The SMILES string of the molecule is COc1cc(C(=O)Nc2nc(-c3ccc([N+](=O)[O-])cc3)c(-c3ccccc3)s2)cc(OC)c1OC. The second-order valence-electron chi connectivity index (χ2n) is 7.23. The van der Waals surface area contributed by atoms with Gasteiger partial charge in [-0.25, -0.2) is 4.98 Å². The topological polar surface area (TPSA) is 113 Å². The van der Waals surface area contributed by atoms with E-state index in [1.54, 1.807) is 24.3 Å². The van der Waals surface area contributed by atoms with E-state index in [1.807, 2.05) is 30.3 Å². The van der Waals surface area contributed by atoms with Gasteiger partial charge >= 0.3 is 0 Å². The molecule has 0 unspecified atom stereocenters. The smallest absolute Gasteiger partial charge is 0.269 e. The van der Waals surface area contributed by atoms with Gasteiger partial charge in [-0.1, -0.05) is 41.7 Å². The number of thiazole rings is 1. The molecule has 10 heteroatoms. The minimum Gasteiger partial charge on any atom is -0.493 e. The maximum absolute atomic E-state index is 13.1. The van der Waals surface area contributed by atoms with Crippen molar-refractivity contribution >= 4 is 28.1 Å². The summed E-state index contributed by atoms with van der Waals surface area (Å²) >= 11 is 1.30. The van der Waals surface area contributed by atoms with Gasteiger partial charge in [-0.05, 0) is 29.8 Å². The Balaban J connectivity index is 1.72. The maximum atomic E-state index is 13.1. The zero-order valence-electron chi connectivity index (χ0n) is 19.1. The molecule has 35 heavy (non-hydrogen) atoms. The van der Waals surface area contributed by atoms with Crippen molar-refractivity contribution in [2.24, 2.45) is 0 Å². The van der Waals surface area contributed by atoms with Gasteiger partial charge in [0.05, 0.1) is 36.8 Å². The molecule has 0 saturated carbocycles. The van der Waals surface area contributed by atoms with Crippen LogP contribution < -0.4 is 19.5 Å². The number of non-ortho nitro benzene ring substituents is 1. The quantitative estimate of drug-likeness (QED) is 0.250. The largest absolute Gasteiger partial charge is 0.493 e. The Morgan fingerprint density at radius 3 is 2.09 bits per heavy atom. The van der Waals surface area contributed by atoms with E-state index in [4.69, 9.17) is 14.2 Å². The number of nitro groups is 1. The summed E-state index contributed by atoms with van der Waals surface area (Å²) in [5, 5.41) is 14.3. The molecule has 0 bridgehead atoms. The van der Waals surface area contributed by atoms with Crippen molar-refractivity contribution in [3.8, 4) is 38.9 Å². The highest BCUT2D eigenvalue weighted by atomic mass is 32.1. The molecule has 4 aromatic rings. The molecule has 178 valence electrons. The fourth-order valence-electron chi connectivity index (χ4n) is 3.48. The summed E-state index contributed by atoms with van der Waals surface area (Å²) in [4.78, 5) is 29.2. The normalized spacial score (nSPS) is 10.5. The predicted molar refractivity (Wildman–Crippen MR) is 134 cm³/mol. The van der Waals surface area contributed by atoms with Crippen LogP contribution in [0.15, 0.2) is 66.7 Å². The lowest BCUT2D eigenvalue weighted by atomic mass is 10.1. The van der Waals surface area contributed by atoms with Crippen molar-refractivity contribution in [2.75, 3.05) is 26.6 Å². The minimum absolute atomic E-state index is 0.0128. The number of hydrogen-bond acceptors (Lipinski definition) is 8. The average molecular weight is 492 g/mol. The number of nitro benzene ring substituents is 1. The zero-order chi connectivity index (χ0) is 24.9. The van der Waals surface area contributed by atoms with E-state index >= 15 is 0 Å². The number of anilines is 1. The first-order chi connectivity index (χ1) is 16.9. The van der Waals surface area contributed by atoms with Gasteiger partial charge in [-0.3, -0.25) is 20.2 Å². The number of nitrogens with zero attached hydrogens (tertiary/aromatic N) is 2. The summed E-state index contributed by atoms with van der Waals surface area (Å²) < 4.78 is 16.0. The first-order valence-electron chi connectivity index (χ1n) is 10.4. The highest BCUT2D eigenvalue weighted by molar-refractivity contribution is 7.19. The lowest BCUT2D eigenvalue weighted by molar-refractivity contribution is -0.384. The van der Waals surface area contributed by atoms with E-state index in [2.05, 4.69) is 10.3 Å². The molecular weight excluding hydrogens is 470 g/mol. The fraction of sp³-hybridized carbons (Fsp3) is 0.120. The third-order valence-corrected chi connectivity index (χ3v) is 6.18. The van der Waals surface area contributed by atoms with Gasteiger partial charge < -0.3 is 14.2 Å². The molecule has 1 amide bonds. The first-order valence-corrected chi connectivity index (χ1v) is 11.2. The van der Waals surface area contributed by atoms with Crippen LogP contribution in [0.1, 0.15) is 10.4 Å². The van der Waals surface area contributed by atoms with Crippen molar-refractivity contribution in [3.63, 3.8) is 0 Å². The van der Waals surface area contributed by atoms with Crippen LogP contribution in [0.3, 0.4) is 0 Å². The zero-order valence-corrected chi connectivity index (χ0v) is 19.9. The molecule has 1 heterocycles. The molecule has 0 aliphatic rings. The summed E-state index contributed by atoms with van der Waals surface area (Å²) in [5.74, 6) is 0.681. The highest BCUT2D eigenvalue weighted by Crippen LogP contribution is 2.41. The van der Waals surface area contributed by atoms with Crippen LogP contribution in [0.4, 0.5) is 10.8 Å². The first kappa shape index (κ1) is 23.7. The van der Waals surface area contributed by atoms with Gasteiger partial charge in [0.2, 0.25) is 5.75 Å². The lowest BCUT2D eigenvalue weighted by Gasteiger charge is -2.13. The summed E-state index contributed by atoms with van der Waals surface area (Å²) in [6.07, 6.45) is 0. The number of ether oxygens (including phenoxy) is 3. The van der Waals surface area contributed by atoms with Crippen LogP contribution in [-0.2, 0) is 0 Å². The molecule has 1 N–H and O–H groups in total. The van der Waals surface area contributed by atoms with Gasteiger partial charge in [0.15, 0.2) is 16.6 Å². The molecule has 0 saturated heterocycles. The van der Waals surface area contributed by atoms with Crippen LogP contribution >= 0.6 is 11.3 Å². The lowest BCUT2D eigenvalue weighted by Crippen LogP contribution is -2.12. The van der Waals surface area contributed by atoms with Crippen LogP contribution in [0.5, 0.6) is 17.2 Å². The molecule has 0 aliphatic carbocycles. The van der Waals surface area contributed by atoms with Gasteiger partial charge in [0, 0.05) is 23.3 Å². The number of hydrogen-bond donors (Lipinski definition) is 1. The van der Waals surface area contributed by atoms with Gasteiger partial charge in [-0.15, -0.1) is 0 Å². The van der Waals surface area contributed by atoms with Gasteiger partial charge in [0.1, 0.15) is 0 Å². The van der Waals surface area contributed by atoms with Crippen molar-refractivity contribution in [1.29, 1.82) is 0 Å². The highest BCUT2D eigenvalue weighted by Gasteiger charge is 2.20. The number of rotatable bonds is 8. The number of carbonyl (C=O) groups excluding carboxylic acids is 1. The summed E-state index contributed by atoms with van der Waals surface area (Å²) in [6.45, 7) is 0. The Morgan fingerprint density at radius 2 is 1.54 bits per heavy atom. The summed E-state index contributed by atoms with van der Waals surface area (Å²) in [5.41, 5.74) is 2.50. The van der Waals surface area contributed by atoms with E-state index < -0.39 is 10.8 Å². The van der Waals surface area contributed by atoms with Crippen LogP contribution in [0.2, 0.25) is 0 Å². The molecule has 0 aliphatic heterocycles. The monoisotopic (exact) mass is 491 g/mol. The molecule has 0 atom stereocenters. The number of amides is 1. The van der Waals surface area contributed by atoms with Crippen LogP contribution in [-0.4, -0.2) is 37.1 Å². The molecule has 4 rings (SSSR count). The van der Waals surface area contributed by atoms with Crippen molar-refractivity contribution in [1.82, 2.24) is 4.98 Å². The Morgan fingerprint density at radius 1 is 0.914 bits per heavy atom. The van der Waals surface area contributed by atoms with E-state index in [9.17, 15) is 14.9 Å². The minimum atomic E-state index is -0.452. The van der Waals surface area contributed by atoms with E-state index in [0.29, 0.717) is 39.2 Å². The number of carbonyl (C=O) groups is 1. The van der Waals surface area contributed by atoms with Gasteiger partial charge in [-0.2, -0.15) is 0 Å². The standard InChI is InChI=1S/C25H21N3O6S/c1-32-19-13-17(14-20(33-2)22(19)34-3)24(29)27-25-26-21(15-9-11-18(12-10-15)28(30)31)23(35-25)16-7-5-4-6-8-16/h4-14H,1-3H3,(H,26,27,29). The number of aromatic nitrogens is 1. The fourth-order valence-corrected chi connectivity index (χ4v) is 4.47. The van der Waals surface area contributed by atoms with E-state index in [0.717, 1.165) is 10.4 Å². The number of nitrogens with one attached hydrogen (secondary N) is 1. The molecule has 3 aromatic carbocycles. The Kier molecular flexibility index (Phi) is 6.93. The van der Waals surface area contributed by atoms with E-state index in [1.165, 1.54) is 44.8 Å². The third kappa shape index (κ3) is 4.92. The average Bonchev–Trinajstić information content (AvgIpc) is 3.31.